The lowest BCUT2D eigenvalue weighted by Crippen LogP contribution is -2.20. The highest BCUT2D eigenvalue weighted by atomic mass is 35.5. The molecule has 0 bridgehead atoms. The van der Waals surface area contributed by atoms with Crippen LogP contribution in [-0.2, 0) is 17.4 Å². The minimum absolute atomic E-state index is 0.0323. The molecular formula is C24H16ClF7O3. The second kappa shape index (κ2) is 10.2. The van der Waals surface area contributed by atoms with Crippen molar-refractivity contribution in [3.8, 4) is 16.9 Å². The minimum atomic E-state index is -4.73. The monoisotopic (exact) mass is 520 g/mol. The summed E-state index contributed by atoms with van der Waals surface area (Å²) in [5.41, 5.74) is -0.536. The molecule has 0 radical (unpaired) electrons. The molecule has 35 heavy (non-hydrogen) atoms. The molecular weight excluding hydrogens is 505 g/mol. The molecule has 3 aromatic rings. The lowest BCUT2D eigenvalue weighted by atomic mass is 9.89. The molecule has 1 atom stereocenters. The Morgan fingerprint density at radius 2 is 1.54 bits per heavy atom. The van der Waals surface area contributed by atoms with Crippen LogP contribution in [0.3, 0.4) is 0 Å². The third-order valence-electron chi connectivity index (χ3n) is 5.02. The summed E-state index contributed by atoms with van der Waals surface area (Å²) < 4.78 is 95.2. The van der Waals surface area contributed by atoms with Crippen molar-refractivity contribution in [2.75, 3.05) is 6.61 Å². The highest BCUT2D eigenvalue weighted by Crippen LogP contribution is 2.41. The van der Waals surface area contributed by atoms with Crippen molar-refractivity contribution in [1.82, 2.24) is 0 Å². The molecule has 0 aromatic heterocycles. The zero-order chi connectivity index (χ0) is 26.0. The van der Waals surface area contributed by atoms with Crippen molar-refractivity contribution in [3.63, 3.8) is 0 Å². The number of hydrogen-bond donors (Lipinski definition) is 1. The lowest BCUT2D eigenvalue weighted by Gasteiger charge is -2.20. The van der Waals surface area contributed by atoms with Crippen LogP contribution in [0.2, 0.25) is 5.02 Å². The van der Waals surface area contributed by atoms with Gasteiger partial charge in [-0.1, -0.05) is 35.9 Å². The standard InChI is InChI=1S/C24H16ClF7O3/c25-20-11-15(19(22(33)34)9-13-1-7-17(26)8-2-13)10-18(21(20)35-12-23(27,28)29)14-3-5-16(6-4-14)24(30,31)32/h1-8,10-11,19H,9,12H2,(H,33,34). The summed E-state index contributed by atoms with van der Waals surface area (Å²) in [5.74, 6) is -3.53. The normalized spacial score (nSPS) is 12.9. The van der Waals surface area contributed by atoms with E-state index >= 15 is 0 Å². The van der Waals surface area contributed by atoms with Crippen LogP contribution in [0.25, 0.3) is 11.1 Å². The van der Waals surface area contributed by atoms with E-state index < -0.39 is 48.0 Å². The molecule has 0 saturated heterocycles. The Balaban J connectivity index is 2.10. The van der Waals surface area contributed by atoms with Crippen LogP contribution >= 0.6 is 11.6 Å². The number of carboxylic acid groups (broad SMARTS) is 1. The summed E-state index contributed by atoms with van der Waals surface area (Å²) in [6.45, 7) is -1.72. The number of carbonyl (C=O) groups is 1. The van der Waals surface area contributed by atoms with E-state index in [9.17, 15) is 40.6 Å². The van der Waals surface area contributed by atoms with Crippen molar-refractivity contribution in [2.24, 2.45) is 0 Å². The van der Waals surface area contributed by atoms with Crippen molar-refractivity contribution in [1.29, 1.82) is 0 Å². The number of alkyl halides is 6. The third-order valence-corrected chi connectivity index (χ3v) is 5.30. The highest BCUT2D eigenvalue weighted by molar-refractivity contribution is 6.32. The fraction of sp³-hybridized carbons (Fsp3) is 0.208. The van der Waals surface area contributed by atoms with Gasteiger partial charge in [0.05, 0.1) is 16.5 Å². The number of hydrogen-bond acceptors (Lipinski definition) is 2. The zero-order valence-electron chi connectivity index (χ0n) is 17.6. The van der Waals surface area contributed by atoms with Crippen molar-refractivity contribution < 1.29 is 45.4 Å². The zero-order valence-corrected chi connectivity index (χ0v) is 18.3. The second-order valence-electron chi connectivity index (χ2n) is 7.58. The van der Waals surface area contributed by atoms with Gasteiger partial charge in [-0.2, -0.15) is 26.3 Å². The number of benzene rings is 3. The molecule has 0 fully saturated rings. The Bertz CT molecular complexity index is 1190. The first-order valence-electron chi connectivity index (χ1n) is 9.92. The lowest BCUT2D eigenvalue weighted by molar-refractivity contribution is -0.153. The molecule has 0 saturated carbocycles. The van der Waals surface area contributed by atoms with E-state index in [4.69, 9.17) is 16.3 Å². The number of halogens is 8. The van der Waals surface area contributed by atoms with E-state index in [-0.39, 0.29) is 28.1 Å². The molecule has 0 aliphatic heterocycles. The van der Waals surface area contributed by atoms with Gasteiger partial charge in [-0.15, -0.1) is 0 Å². The van der Waals surface area contributed by atoms with E-state index in [1.165, 1.54) is 18.2 Å². The van der Waals surface area contributed by atoms with Crippen molar-refractivity contribution in [3.05, 3.63) is 88.2 Å². The van der Waals surface area contributed by atoms with Crippen LogP contribution < -0.4 is 4.74 Å². The summed E-state index contributed by atoms with van der Waals surface area (Å²) in [7, 11) is 0. The van der Waals surface area contributed by atoms with Crippen LogP contribution in [-0.4, -0.2) is 23.9 Å². The molecule has 0 amide bonds. The van der Waals surface area contributed by atoms with Gasteiger partial charge in [-0.25, -0.2) is 4.39 Å². The molecule has 0 aliphatic rings. The van der Waals surface area contributed by atoms with Gasteiger partial charge >= 0.3 is 18.3 Å². The number of aliphatic carboxylic acids is 1. The highest BCUT2D eigenvalue weighted by Gasteiger charge is 2.32. The SMILES string of the molecule is O=C(O)C(Cc1ccc(F)cc1)c1cc(Cl)c(OCC(F)(F)F)c(-c2ccc(C(F)(F)F)cc2)c1. The predicted octanol–water partition coefficient (Wildman–Crippen LogP) is 7.52. The molecule has 3 rings (SSSR count). The first-order valence-corrected chi connectivity index (χ1v) is 10.3. The maximum Gasteiger partial charge on any atom is 0.422 e. The van der Waals surface area contributed by atoms with Gasteiger partial charge in [0.1, 0.15) is 11.6 Å². The Hall–Kier alpha value is -3.27. The fourth-order valence-electron chi connectivity index (χ4n) is 3.37. The summed E-state index contributed by atoms with van der Waals surface area (Å²) in [5, 5.41) is 9.42. The largest absolute Gasteiger partial charge is 0.482 e. The van der Waals surface area contributed by atoms with Gasteiger partial charge in [-0.3, -0.25) is 4.79 Å². The Kier molecular flexibility index (Phi) is 7.64. The van der Waals surface area contributed by atoms with Gasteiger partial charge in [0.2, 0.25) is 0 Å². The summed E-state index contributed by atoms with van der Waals surface area (Å²) in [6.07, 6.45) is -9.48. The van der Waals surface area contributed by atoms with E-state index in [2.05, 4.69) is 0 Å². The first-order chi connectivity index (χ1) is 16.2. The first kappa shape index (κ1) is 26.3. The van der Waals surface area contributed by atoms with E-state index in [0.717, 1.165) is 42.5 Å². The van der Waals surface area contributed by atoms with Gasteiger partial charge in [0.25, 0.3) is 0 Å². The van der Waals surface area contributed by atoms with Gasteiger partial charge in [0, 0.05) is 5.56 Å². The van der Waals surface area contributed by atoms with Gasteiger partial charge < -0.3 is 9.84 Å². The average molecular weight is 521 g/mol. The fourth-order valence-corrected chi connectivity index (χ4v) is 3.66. The van der Waals surface area contributed by atoms with Gasteiger partial charge in [0.15, 0.2) is 6.61 Å². The Labute approximate surface area is 199 Å². The summed E-state index contributed by atoms with van der Waals surface area (Å²) in [4.78, 5) is 12.0. The average Bonchev–Trinajstić information content (AvgIpc) is 2.76. The number of ether oxygens (including phenoxy) is 1. The van der Waals surface area contributed by atoms with Crippen molar-refractivity contribution >= 4 is 17.6 Å². The predicted molar refractivity (Wildman–Crippen MR) is 114 cm³/mol. The third kappa shape index (κ3) is 6.88. The maximum absolute atomic E-state index is 13.2. The maximum atomic E-state index is 13.2. The Morgan fingerprint density at radius 3 is 2.06 bits per heavy atom. The number of carboxylic acids is 1. The molecule has 186 valence electrons. The summed E-state index contributed by atoms with van der Waals surface area (Å²) in [6, 6.07) is 10.9. The molecule has 1 unspecified atom stereocenters. The Morgan fingerprint density at radius 1 is 0.943 bits per heavy atom. The molecule has 1 N–H and O–H groups in total. The van der Waals surface area contributed by atoms with Crippen LogP contribution in [0.15, 0.2) is 60.7 Å². The molecule has 3 nitrogen and oxygen atoms in total. The topological polar surface area (TPSA) is 46.5 Å². The smallest absolute Gasteiger partial charge is 0.422 e. The van der Waals surface area contributed by atoms with E-state index in [0.29, 0.717) is 5.56 Å². The second-order valence-corrected chi connectivity index (χ2v) is 7.99. The van der Waals surface area contributed by atoms with Crippen LogP contribution in [0.4, 0.5) is 30.7 Å². The van der Waals surface area contributed by atoms with Crippen molar-refractivity contribution in [2.45, 2.75) is 24.7 Å². The quantitative estimate of drug-likeness (QED) is 0.328. The van der Waals surface area contributed by atoms with Crippen LogP contribution in [0.5, 0.6) is 5.75 Å². The molecule has 0 aliphatic carbocycles. The minimum Gasteiger partial charge on any atom is -0.482 e. The van der Waals surface area contributed by atoms with Crippen LogP contribution in [0.1, 0.15) is 22.6 Å². The van der Waals surface area contributed by atoms with Gasteiger partial charge in [-0.05, 0) is 59.5 Å². The molecule has 0 spiro atoms. The van der Waals surface area contributed by atoms with E-state index in [1.807, 2.05) is 0 Å². The molecule has 3 aromatic carbocycles. The van der Waals surface area contributed by atoms with E-state index in [1.54, 1.807) is 0 Å². The molecule has 0 heterocycles. The molecule has 11 heteroatoms. The summed E-state index contributed by atoms with van der Waals surface area (Å²) >= 11 is 6.17. The van der Waals surface area contributed by atoms with Crippen LogP contribution in [0, 0.1) is 5.82 Å². The number of rotatable bonds is 7.